The van der Waals surface area contributed by atoms with Crippen molar-refractivity contribution in [1.82, 2.24) is 0 Å². The molecule has 20 heavy (non-hydrogen) atoms. The molecule has 108 valence electrons. The highest BCUT2D eigenvalue weighted by Crippen LogP contribution is 2.28. The Bertz CT molecular complexity index is 528. The average Bonchev–Trinajstić information content (AvgIpc) is 2.31. The second kappa shape index (κ2) is 6.10. The summed E-state index contributed by atoms with van der Waals surface area (Å²) in [5.74, 6) is -1.91. The summed E-state index contributed by atoms with van der Waals surface area (Å²) in [5, 5.41) is 18.9. The topological polar surface area (TPSA) is 92.8 Å². The number of benzene rings is 1. The number of aliphatic carboxylic acids is 1. The van der Waals surface area contributed by atoms with E-state index in [4.69, 9.17) is 15.6 Å². The highest BCUT2D eigenvalue weighted by atomic mass is 27.0. The van der Waals surface area contributed by atoms with Gasteiger partial charge in [0.15, 0.2) is 27.9 Å². The zero-order valence-corrected chi connectivity index (χ0v) is 12.8. The molecular weight excluding hydrogens is 280 g/mol. The van der Waals surface area contributed by atoms with Gasteiger partial charge in [0.1, 0.15) is 6.04 Å². The fourth-order valence-corrected chi connectivity index (χ4v) is 2.62. The zero-order chi connectivity index (χ0) is 15.7. The van der Waals surface area contributed by atoms with Crippen LogP contribution in [0.5, 0.6) is 5.75 Å². The van der Waals surface area contributed by atoms with Gasteiger partial charge in [-0.3, -0.25) is 4.79 Å². The standard InChI is InChI=1S/C13H17FNO4.Al/c1-13(2,18)8-4-7(5-10(15)12(16)17)11(19-3)9(14)6-8;/h6,10,18H,5,15H2,1-3H3,(H,16,17);. The number of rotatable bonds is 5. The number of aliphatic hydroxyl groups is 1. The summed E-state index contributed by atoms with van der Waals surface area (Å²) in [6.07, 6.45) is -0.0990. The number of halogens is 1. The normalized spacial score (nSPS) is 13.1. The minimum Gasteiger partial charge on any atom is -0.493 e. The predicted octanol–water partition coefficient (Wildman–Crippen LogP) is -0.190. The van der Waals surface area contributed by atoms with Crippen LogP contribution in [-0.4, -0.2) is 45.6 Å². The third-order valence-electron chi connectivity index (χ3n) is 2.98. The molecule has 0 bridgehead atoms. The van der Waals surface area contributed by atoms with E-state index < -0.39 is 23.4 Å². The van der Waals surface area contributed by atoms with Crippen molar-refractivity contribution < 1.29 is 24.1 Å². The van der Waals surface area contributed by atoms with Gasteiger partial charge in [-0.25, -0.2) is 4.39 Å². The number of ether oxygens (including phenoxy) is 1. The van der Waals surface area contributed by atoms with Crippen molar-refractivity contribution in [3.8, 4) is 5.75 Å². The lowest BCUT2D eigenvalue weighted by atomic mass is 9.93. The SMILES string of the molecule is COc1c(F)cc(C(C)(C)O)[c]([Al])c1CC(N)C(=O)O. The molecule has 1 rings (SSSR count). The molecule has 0 fully saturated rings. The van der Waals surface area contributed by atoms with Gasteiger partial charge < -0.3 is 20.7 Å². The molecular formula is C13H17AlFNO4. The Balaban J connectivity index is 3.46. The summed E-state index contributed by atoms with van der Waals surface area (Å²) in [4.78, 5) is 10.9. The molecule has 0 amide bonds. The predicted molar refractivity (Wildman–Crippen MR) is 72.9 cm³/mol. The van der Waals surface area contributed by atoms with E-state index in [9.17, 15) is 14.3 Å². The number of hydrogen-bond acceptors (Lipinski definition) is 4. The van der Waals surface area contributed by atoms with Gasteiger partial charge >= 0.3 is 5.97 Å². The number of carboxylic acids is 1. The number of hydrogen-bond donors (Lipinski definition) is 3. The first-order chi connectivity index (χ1) is 9.09. The summed E-state index contributed by atoms with van der Waals surface area (Å²) < 4.78 is 19.5. The lowest BCUT2D eigenvalue weighted by Gasteiger charge is -2.25. The molecule has 0 aromatic heterocycles. The first-order valence-electron chi connectivity index (χ1n) is 5.95. The van der Waals surface area contributed by atoms with Gasteiger partial charge in [-0.2, -0.15) is 0 Å². The maximum atomic E-state index is 14.0. The quantitative estimate of drug-likeness (QED) is 0.655. The number of carboxylic acid groups (broad SMARTS) is 1. The largest absolute Gasteiger partial charge is 0.493 e. The summed E-state index contributed by atoms with van der Waals surface area (Å²) >= 11 is 2.38. The maximum Gasteiger partial charge on any atom is 0.320 e. The Morgan fingerprint density at radius 1 is 1.60 bits per heavy atom. The van der Waals surface area contributed by atoms with Gasteiger partial charge in [0.25, 0.3) is 0 Å². The Morgan fingerprint density at radius 2 is 2.15 bits per heavy atom. The molecule has 0 spiro atoms. The smallest absolute Gasteiger partial charge is 0.320 e. The number of carbonyl (C=O) groups is 1. The van der Waals surface area contributed by atoms with Crippen molar-refractivity contribution in [3.63, 3.8) is 0 Å². The molecule has 0 aliphatic heterocycles. The van der Waals surface area contributed by atoms with Crippen LogP contribution in [0.2, 0.25) is 0 Å². The molecule has 0 heterocycles. The fourth-order valence-electron chi connectivity index (χ4n) is 1.94. The second-order valence-corrected chi connectivity index (χ2v) is 5.62. The van der Waals surface area contributed by atoms with Gasteiger partial charge in [0, 0.05) is 6.42 Å². The highest BCUT2D eigenvalue weighted by molar-refractivity contribution is 6.34. The summed E-state index contributed by atoms with van der Waals surface area (Å²) in [6.45, 7) is 3.03. The van der Waals surface area contributed by atoms with E-state index in [2.05, 4.69) is 16.3 Å². The third kappa shape index (κ3) is 3.50. The minimum absolute atomic E-state index is 0.0558. The van der Waals surface area contributed by atoms with E-state index in [0.717, 1.165) is 0 Å². The number of nitrogens with two attached hydrogens (primary N) is 1. The van der Waals surface area contributed by atoms with E-state index in [1.807, 2.05) is 0 Å². The van der Waals surface area contributed by atoms with Gasteiger partial charge in [-0.1, -0.05) is 0 Å². The average molecular weight is 297 g/mol. The second-order valence-electron chi connectivity index (χ2n) is 5.04. The third-order valence-corrected chi connectivity index (χ3v) is 3.64. The fraction of sp³-hybridized carbons (Fsp3) is 0.462. The van der Waals surface area contributed by atoms with Crippen molar-refractivity contribution >= 4 is 26.7 Å². The molecule has 0 saturated carbocycles. The Morgan fingerprint density at radius 3 is 2.55 bits per heavy atom. The van der Waals surface area contributed by atoms with E-state index in [1.54, 1.807) is 0 Å². The molecule has 5 nitrogen and oxygen atoms in total. The van der Waals surface area contributed by atoms with Gasteiger partial charge in [0.2, 0.25) is 0 Å². The zero-order valence-electron chi connectivity index (χ0n) is 11.6. The minimum atomic E-state index is -1.27. The van der Waals surface area contributed by atoms with E-state index in [0.29, 0.717) is 15.6 Å². The number of methoxy groups -OCH3 is 1. The van der Waals surface area contributed by atoms with E-state index in [1.165, 1.54) is 27.0 Å². The summed E-state index contributed by atoms with van der Waals surface area (Å²) in [7, 11) is 1.29. The lowest BCUT2D eigenvalue weighted by molar-refractivity contribution is -0.138. The molecule has 2 radical (unpaired) electrons. The van der Waals surface area contributed by atoms with Crippen molar-refractivity contribution in [3.05, 3.63) is 23.0 Å². The van der Waals surface area contributed by atoms with Crippen LogP contribution in [0.4, 0.5) is 4.39 Å². The highest BCUT2D eigenvalue weighted by Gasteiger charge is 2.26. The molecule has 4 N–H and O–H groups in total. The monoisotopic (exact) mass is 297 g/mol. The van der Waals surface area contributed by atoms with Crippen molar-refractivity contribution in [2.24, 2.45) is 5.73 Å². The van der Waals surface area contributed by atoms with Crippen LogP contribution in [0, 0.1) is 5.82 Å². The van der Waals surface area contributed by atoms with Crippen molar-refractivity contribution in [2.75, 3.05) is 7.11 Å². The maximum absolute atomic E-state index is 14.0. The van der Waals surface area contributed by atoms with Crippen LogP contribution in [-0.2, 0) is 16.8 Å². The molecule has 0 saturated heterocycles. The molecule has 1 unspecified atom stereocenters. The molecule has 0 aliphatic rings. The van der Waals surface area contributed by atoms with Crippen LogP contribution < -0.4 is 14.9 Å². The van der Waals surface area contributed by atoms with Crippen molar-refractivity contribution in [1.29, 1.82) is 0 Å². The summed E-state index contributed by atoms with van der Waals surface area (Å²) in [6, 6.07) is -0.00334. The first-order valence-corrected chi connectivity index (χ1v) is 6.53. The molecule has 1 atom stereocenters. The first kappa shape index (κ1) is 16.9. The van der Waals surface area contributed by atoms with Crippen LogP contribution in [0.1, 0.15) is 25.0 Å². The van der Waals surface area contributed by atoms with Crippen LogP contribution in [0.15, 0.2) is 6.07 Å². The molecule has 1 aromatic rings. The van der Waals surface area contributed by atoms with E-state index in [-0.39, 0.29) is 12.2 Å². The Labute approximate surface area is 125 Å². The molecule has 7 heteroatoms. The van der Waals surface area contributed by atoms with Crippen molar-refractivity contribution in [2.45, 2.75) is 31.9 Å². The van der Waals surface area contributed by atoms with Crippen LogP contribution >= 0.6 is 0 Å². The van der Waals surface area contributed by atoms with Gasteiger partial charge in [-0.05, 0) is 31.0 Å². The molecule has 1 aromatic carbocycles. The van der Waals surface area contributed by atoms with Crippen LogP contribution in [0.3, 0.4) is 0 Å². The Kier molecular flexibility index (Phi) is 5.17. The lowest BCUT2D eigenvalue weighted by Crippen LogP contribution is -2.36. The van der Waals surface area contributed by atoms with Gasteiger partial charge in [0.05, 0.1) is 12.7 Å². The summed E-state index contributed by atoms with van der Waals surface area (Å²) in [5.41, 5.74) is 4.89. The molecule has 0 aliphatic carbocycles. The Hall–Kier alpha value is -1.13. The van der Waals surface area contributed by atoms with E-state index >= 15 is 0 Å². The van der Waals surface area contributed by atoms with Gasteiger partial charge in [-0.15, -0.1) is 4.43 Å². The van der Waals surface area contributed by atoms with Crippen LogP contribution in [0.25, 0.3) is 0 Å².